The van der Waals surface area contributed by atoms with Crippen LogP contribution in [-0.4, -0.2) is 16.1 Å². The van der Waals surface area contributed by atoms with Crippen molar-refractivity contribution in [3.05, 3.63) is 58.4 Å². The average molecular weight is 285 g/mol. The van der Waals surface area contributed by atoms with Gasteiger partial charge in [-0.2, -0.15) is 0 Å². The molecule has 0 bridgehead atoms. The molecule has 0 spiro atoms. The SMILES string of the molecule is O=C(O)c1sccc1COc1cccc2cccnc12. The zero-order chi connectivity index (χ0) is 13.9. The molecule has 0 fully saturated rings. The Hall–Kier alpha value is -2.40. The number of carbonyl (C=O) groups is 1. The number of hydrogen-bond acceptors (Lipinski definition) is 4. The van der Waals surface area contributed by atoms with Crippen LogP contribution in [0.5, 0.6) is 5.75 Å². The minimum Gasteiger partial charge on any atom is -0.487 e. The number of benzene rings is 1. The van der Waals surface area contributed by atoms with Crippen molar-refractivity contribution < 1.29 is 14.6 Å². The third-order valence-electron chi connectivity index (χ3n) is 2.92. The van der Waals surface area contributed by atoms with Crippen LogP contribution in [0.25, 0.3) is 10.9 Å². The van der Waals surface area contributed by atoms with Gasteiger partial charge in [-0.1, -0.05) is 18.2 Å². The molecule has 1 N–H and O–H groups in total. The number of nitrogens with zero attached hydrogens (tertiary/aromatic N) is 1. The predicted octanol–water partition coefficient (Wildman–Crippen LogP) is 3.57. The first kappa shape index (κ1) is 12.6. The molecule has 0 amide bonds. The molecule has 100 valence electrons. The van der Waals surface area contributed by atoms with Crippen molar-refractivity contribution in [3.8, 4) is 5.75 Å². The maximum absolute atomic E-state index is 11.0. The summed E-state index contributed by atoms with van der Waals surface area (Å²) >= 11 is 1.20. The summed E-state index contributed by atoms with van der Waals surface area (Å²) in [7, 11) is 0. The lowest BCUT2D eigenvalue weighted by Crippen LogP contribution is -2.02. The number of aromatic carboxylic acids is 1. The van der Waals surface area contributed by atoms with E-state index in [1.54, 1.807) is 17.6 Å². The predicted molar refractivity (Wildman–Crippen MR) is 77.4 cm³/mol. The van der Waals surface area contributed by atoms with Crippen molar-refractivity contribution in [1.29, 1.82) is 0 Å². The Balaban J connectivity index is 1.87. The Morgan fingerprint density at radius 2 is 2.10 bits per heavy atom. The Kier molecular flexibility index (Phi) is 3.35. The monoisotopic (exact) mass is 285 g/mol. The van der Waals surface area contributed by atoms with Crippen LogP contribution in [0.3, 0.4) is 0 Å². The van der Waals surface area contributed by atoms with Gasteiger partial charge >= 0.3 is 5.97 Å². The summed E-state index contributed by atoms with van der Waals surface area (Å²) in [5.41, 5.74) is 1.46. The molecule has 0 aliphatic heterocycles. The van der Waals surface area contributed by atoms with Crippen LogP contribution in [0.2, 0.25) is 0 Å². The molecule has 0 aliphatic rings. The van der Waals surface area contributed by atoms with Crippen LogP contribution >= 0.6 is 11.3 Å². The lowest BCUT2D eigenvalue weighted by atomic mass is 10.2. The molecule has 0 saturated heterocycles. The highest BCUT2D eigenvalue weighted by Crippen LogP contribution is 2.25. The molecule has 0 aliphatic carbocycles. The van der Waals surface area contributed by atoms with Gasteiger partial charge in [0, 0.05) is 17.1 Å². The Labute approximate surface area is 119 Å². The minimum absolute atomic E-state index is 0.223. The van der Waals surface area contributed by atoms with Gasteiger partial charge in [-0.05, 0) is 23.6 Å². The summed E-state index contributed by atoms with van der Waals surface area (Å²) < 4.78 is 5.74. The van der Waals surface area contributed by atoms with Crippen LogP contribution in [-0.2, 0) is 6.61 Å². The molecule has 20 heavy (non-hydrogen) atoms. The van der Waals surface area contributed by atoms with Gasteiger partial charge in [0.05, 0.1) is 0 Å². The molecular formula is C15H11NO3S. The molecule has 0 atom stereocenters. The summed E-state index contributed by atoms with van der Waals surface area (Å²) in [4.78, 5) is 15.7. The molecule has 0 radical (unpaired) electrons. The van der Waals surface area contributed by atoms with E-state index in [-0.39, 0.29) is 6.61 Å². The summed E-state index contributed by atoms with van der Waals surface area (Å²) in [6.45, 7) is 0.223. The molecule has 2 heterocycles. The fraction of sp³-hybridized carbons (Fsp3) is 0.0667. The highest BCUT2D eigenvalue weighted by Gasteiger charge is 2.12. The van der Waals surface area contributed by atoms with E-state index < -0.39 is 5.97 Å². The number of rotatable bonds is 4. The van der Waals surface area contributed by atoms with Crippen LogP contribution in [0.1, 0.15) is 15.2 Å². The Morgan fingerprint density at radius 3 is 2.95 bits per heavy atom. The smallest absolute Gasteiger partial charge is 0.346 e. The zero-order valence-electron chi connectivity index (χ0n) is 10.4. The first-order chi connectivity index (χ1) is 9.75. The van der Waals surface area contributed by atoms with Crippen LogP contribution in [0, 0.1) is 0 Å². The van der Waals surface area contributed by atoms with Crippen molar-refractivity contribution in [1.82, 2.24) is 4.98 Å². The number of hydrogen-bond donors (Lipinski definition) is 1. The number of aromatic nitrogens is 1. The summed E-state index contributed by atoms with van der Waals surface area (Å²) in [6.07, 6.45) is 1.71. The highest BCUT2D eigenvalue weighted by molar-refractivity contribution is 7.12. The van der Waals surface area contributed by atoms with Crippen LogP contribution < -0.4 is 4.74 Å². The maximum atomic E-state index is 11.0. The Bertz CT molecular complexity index is 761. The minimum atomic E-state index is -0.922. The molecule has 4 nitrogen and oxygen atoms in total. The van der Waals surface area contributed by atoms with E-state index in [1.165, 1.54) is 11.3 Å². The molecule has 3 rings (SSSR count). The van der Waals surface area contributed by atoms with Crippen molar-refractivity contribution in [2.45, 2.75) is 6.61 Å². The number of fused-ring (bicyclic) bond motifs is 1. The number of thiophene rings is 1. The van der Waals surface area contributed by atoms with Gasteiger partial charge in [-0.3, -0.25) is 4.98 Å². The van der Waals surface area contributed by atoms with Crippen molar-refractivity contribution >= 4 is 28.2 Å². The van der Waals surface area contributed by atoms with E-state index in [0.29, 0.717) is 16.2 Å². The van der Waals surface area contributed by atoms with Gasteiger partial charge in [-0.25, -0.2) is 4.79 Å². The van der Waals surface area contributed by atoms with E-state index in [9.17, 15) is 4.79 Å². The second-order valence-electron chi connectivity index (χ2n) is 4.20. The quantitative estimate of drug-likeness (QED) is 0.796. The van der Waals surface area contributed by atoms with Crippen LogP contribution in [0.15, 0.2) is 48.0 Å². The van der Waals surface area contributed by atoms with Gasteiger partial charge in [0.2, 0.25) is 0 Å². The topological polar surface area (TPSA) is 59.4 Å². The maximum Gasteiger partial charge on any atom is 0.346 e. The van der Waals surface area contributed by atoms with Gasteiger partial charge in [0.15, 0.2) is 0 Å². The zero-order valence-corrected chi connectivity index (χ0v) is 11.3. The second kappa shape index (κ2) is 5.30. The lowest BCUT2D eigenvalue weighted by Gasteiger charge is -2.08. The third kappa shape index (κ3) is 2.35. The van der Waals surface area contributed by atoms with E-state index in [2.05, 4.69) is 4.98 Å². The second-order valence-corrected chi connectivity index (χ2v) is 5.12. The fourth-order valence-electron chi connectivity index (χ4n) is 1.99. The Morgan fingerprint density at radius 1 is 1.25 bits per heavy atom. The summed E-state index contributed by atoms with van der Waals surface area (Å²) in [5, 5.41) is 11.8. The molecule has 0 saturated carbocycles. The first-order valence-electron chi connectivity index (χ1n) is 6.02. The normalized spacial score (nSPS) is 10.6. The van der Waals surface area contributed by atoms with Crippen LogP contribution in [0.4, 0.5) is 0 Å². The summed E-state index contributed by atoms with van der Waals surface area (Å²) in [5.74, 6) is -0.264. The standard InChI is InChI=1S/C15H11NO3S/c17-15(18)14-11(6-8-20-14)9-19-12-5-1-3-10-4-2-7-16-13(10)12/h1-8H,9H2,(H,17,18). The molecule has 1 aromatic carbocycles. The molecule has 3 aromatic rings. The van der Waals surface area contributed by atoms with E-state index in [0.717, 1.165) is 10.9 Å². The van der Waals surface area contributed by atoms with E-state index in [4.69, 9.17) is 9.84 Å². The van der Waals surface area contributed by atoms with Gasteiger partial charge < -0.3 is 9.84 Å². The first-order valence-corrected chi connectivity index (χ1v) is 6.90. The van der Waals surface area contributed by atoms with Gasteiger partial charge in [-0.15, -0.1) is 11.3 Å². The van der Waals surface area contributed by atoms with E-state index >= 15 is 0 Å². The van der Waals surface area contributed by atoms with Crippen molar-refractivity contribution in [2.75, 3.05) is 0 Å². The van der Waals surface area contributed by atoms with Gasteiger partial charge in [0.1, 0.15) is 22.8 Å². The highest BCUT2D eigenvalue weighted by atomic mass is 32.1. The number of carboxylic acids is 1. The number of para-hydroxylation sites is 1. The summed E-state index contributed by atoms with van der Waals surface area (Å²) in [6, 6.07) is 11.3. The molecule has 5 heteroatoms. The molecule has 2 aromatic heterocycles. The number of carboxylic acid groups (broad SMARTS) is 1. The third-order valence-corrected chi connectivity index (χ3v) is 3.86. The average Bonchev–Trinajstić information content (AvgIpc) is 2.93. The van der Waals surface area contributed by atoms with Crippen molar-refractivity contribution in [2.24, 2.45) is 0 Å². The van der Waals surface area contributed by atoms with Gasteiger partial charge in [0.25, 0.3) is 0 Å². The number of pyridine rings is 1. The van der Waals surface area contributed by atoms with E-state index in [1.807, 2.05) is 30.3 Å². The molecular weight excluding hydrogens is 274 g/mol. The molecule has 0 unspecified atom stereocenters. The number of ether oxygens (including phenoxy) is 1. The fourth-order valence-corrected chi connectivity index (χ4v) is 2.73. The van der Waals surface area contributed by atoms with Crippen molar-refractivity contribution in [3.63, 3.8) is 0 Å². The lowest BCUT2D eigenvalue weighted by molar-refractivity contribution is 0.0699. The largest absolute Gasteiger partial charge is 0.487 e.